The molecule has 0 spiro atoms. The first-order chi connectivity index (χ1) is 11.1. The highest BCUT2D eigenvalue weighted by Crippen LogP contribution is 2.32. The summed E-state index contributed by atoms with van der Waals surface area (Å²) in [6.45, 7) is 2.05. The second-order valence-corrected chi connectivity index (χ2v) is 7.44. The average molecular weight is 352 g/mol. The Morgan fingerprint density at radius 1 is 1.43 bits per heavy atom. The van der Waals surface area contributed by atoms with Crippen molar-refractivity contribution in [2.75, 3.05) is 5.32 Å². The summed E-state index contributed by atoms with van der Waals surface area (Å²) < 4.78 is 13.5. The van der Waals surface area contributed by atoms with Gasteiger partial charge in [-0.25, -0.2) is 4.68 Å². The first kappa shape index (κ1) is 16.2. The van der Waals surface area contributed by atoms with Gasteiger partial charge in [-0.05, 0) is 24.6 Å². The minimum atomic E-state index is -0.941. The fourth-order valence-electron chi connectivity index (χ4n) is 2.58. The summed E-state index contributed by atoms with van der Waals surface area (Å²) in [5.41, 5.74) is 2.44. The number of benzene rings is 1. The van der Waals surface area contributed by atoms with Gasteiger partial charge in [-0.2, -0.15) is 5.10 Å². The number of hydrogen-bond donors (Lipinski definition) is 1. The summed E-state index contributed by atoms with van der Waals surface area (Å²) in [7, 11) is -0.941. The first-order valence-corrected chi connectivity index (χ1v) is 9.46. The van der Waals surface area contributed by atoms with Crippen molar-refractivity contribution in [1.82, 2.24) is 9.78 Å². The SMILES string of the molecule is CCCCC(=O)Nc1c2c(nn1-c1cccc(Cl)c1)C[S@](=O)C2. The number of anilines is 1. The predicted octanol–water partition coefficient (Wildman–Crippen LogP) is 3.42. The van der Waals surface area contributed by atoms with Crippen molar-refractivity contribution in [3.8, 4) is 5.69 Å². The van der Waals surface area contributed by atoms with Gasteiger partial charge in [0.2, 0.25) is 5.91 Å². The molecular weight excluding hydrogens is 334 g/mol. The predicted molar refractivity (Wildman–Crippen MR) is 92.3 cm³/mol. The van der Waals surface area contributed by atoms with E-state index in [1.165, 1.54) is 0 Å². The van der Waals surface area contributed by atoms with Gasteiger partial charge in [0, 0.05) is 27.8 Å². The highest BCUT2D eigenvalue weighted by Gasteiger charge is 2.28. The summed E-state index contributed by atoms with van der Waals surface area (Å²) in [6.07, 6.45) is 2.27. The summed E-state index contributed by atoms with van der Waals surface area (Å²) in [4.78, 5) is 12.1. The van der Waals surface area contributed by atoms with Crippen LogP contribution in [0.1, 0.15) is 37.4 Å². The molecule has 1 N–H and O–H groups in total. The average Bonchev–Trinajstić information content (AvgIpc) is 3.03. The van der Waals surface area contributed by atoms with Gasteiger partial charge in [-0.15, -0.1) is 0 Å². The molecule has 7 heteroatoms. The molecule has 1 aromatic carbocycles. The monoisotopic (exact) mass is 351 g/mol. The van der Waals surface area contributed by atoms with Crippen LogP contribution in [0.25, 0.3) is 5.69 Å². The topological polar surface area (TPSA) is 64.0 Å². The zero-order chi connectivity index (χ0) is 16.4. The fourth-order valence-corrected chi connectivity index (χ4v) is 4.03. The maximum Gasteiger partial charge on any atom is 0.225 e. The molecule has 1 aliphatic heterocycles. The van der Waals surface area contributed by atoms with Crippen LogP contribution in [-0.2, 0) is 27.1 Å². The van der Waals surface area contributed by atoms with E-state index in [9.17, 15) is 9.00 Å². The molecule has 1 aliphatic rings. The lowest BCUT2D eigenvalue weighted by Gasteiger charge is -2.11. The van der Waals surface area contributed by atoms with Crippen LogP contribution in [0, 0.1) is 0 Å². The fraction of sp³-hybridized carbons (Fsp3) is 0.375. The third-order valence-corrected chi connectivity index (χ3v) is 5.18. The second kappa shape index (κ2) is 6.84. The third-order valence-electron chi connectivity index (χ3n) is 3.74. The number of carbonyl (C=O) groups is 1. The highest BCUT2D eigenvalue weighted by molar-refractivity contribution is 7.83. The molecule has 3 rings (SSSR count). The summed E-state index contributed by atoms with van der Waals surface area (Å²) >= 11 is 6.06. The maximum atomic E-state index is 12.1. The molecule has 23 heavy (non-hydrogen) atoms. The molecule has 1 atom stereocenters. The van der Waals surface area contributed by atoms with Gasteiger partial charge in [0.05, 0.1) is 22.9 Å². The number of unbranched alkanes of at least 4 members (excludes halogenated alkanes) is 1. The number of nitrogens with one attached hydrogen (secondary N) is 1. The Hall–Kier alpha value is -1.66. The van der Waals surface area contributed by atoms with Crippen LogP contribution in [0.3, 0.4) is 0 Å². The number of halogens is 1. The van der Waals surface area contributed by atoms with Gasteiger partial charge in [0.1, 0.15) is 5.82 Å². The molecular formula is C16H18ClN3O2S. The largest absolute Gasteiger partial charge is 0.310 e. The molecule has 0 fully saturated rings. The van der Waals surface area contributed by atoms with Crippen molar-refractivity contribution >= 4 is 34.1 Å². The number of carbonyl (C=O) groups excluding carboxylic acids is 1. The maximum absolute atomic E-state index is 12.1. The van der Waals surface area contributed by atoms with Crippen molar-refractivity contribution in [3.05, 3.63) is 40.5 Å². The van der Waals surface area contributed by atoms with Crippen molar-refractivity contribution < 1.29 is 9.00 Å². The third kappa shape index (κ3) is 3.48. The van der Waals surface area contributed by atoms with Crippen LogP contribution in [-0.4, -0.2) is 19.9 Å². The quantitative estimate of drug-likeness (QED) is 0.897. The van der Waals surface area contributed by atoms with Gasteiger partial charge >= 0.3 is 0 Å². The molecule has 5 nitrogen and oxygen atoms in total. The van der Waals surface area contributed by atoms with Gasteiger partial charge in [-0.3, -0.25) is 9.00 Å². The number of fused-ring (bicyclic) bond motifs is 1. The minimum Gasteiger partial charge on any atom is -0.310 e. The van der Waals surface area contributed by atoms with E-state index in [0.29, 0.717) is 28.8 Å². The molecule has 0 unspecified atom stereocenters. The standard InChI is InChI=1S/C16H18ClN3O2S/c1-2-3-7-15(21)18-16-13-9-23(22)10-14(13)19-20(16)12-6-4-5-11(17)8-12/h4-6,8H,2-3,7,9-10H2,1H3,(H,18,21)/t23-/m1/s1. The van der Waals surface area contributed by atoms with Gasteiger partial charge in [0.15, 0.2) is 0 Å². The molecule has 122 valence electrons. The Kier molecular flexibility index (Phi) is 4.82. The van der Waals surface area contributed by atoms with E-state index in [0.717, 1.165) is 29.8 Å². The normalized spacial score (nSPS) is 16.3. The second-order valence-electron chi connectivity index (χ2n) is 5.55. The minimum absolute atomic E-state index is 0.0458. The number of rotatable bonds is 5. The zero-order valence-corrected chi connectivity index (χ0v) is 14.4. The van der Waals surface area contributed by atoms with Crippen molar-refractivity contribution in [3.63, 3.8) is 0 Å². The van der Waals surface area contributed by atoms with Crippen LogP contribution < -0.4 is 5.32 Å². The molecule has 0 aliphatic carbocycles. The summed E-state index contributed by atoms with van der Waals surface area (Å²) in [5, 5.41) is 8.09. The lowest BCUT2D eigenvalue weighted by molar-refractivity contribution is -0.116. The summed E-state index contributed by atoms with van der Waals surface area (Å²) in [6, 6.07) is 7.30. The van der Waals surface area contributed by atoms with E-state index < -0.39 is 10.8 Å². The highest BCUT2D eigenvalue weighted by atomic mass is 35.5. The van der Waals surface area contributed by atoms with Crippen LogP contribution in [0.15, 0.2) is 24.3 Å². The lowest BCUT2D eigenvalue weighted by Crippen LogP contribution is -2.16. The Bertz CT molecular complexity index is 773. The zero-order valence-electron chi connectivity index (χ0n) is 12.8. The van der Waals surface area contributed by atoms with Crippen LogP contribution in [0.5, 0.6) is 0 Å². The smallest absolute Gasteiger partial charge is 0.225 e. The Labute approximate surface area is 142 Å². The molecule has 0 radical (unpaired) electrons. The van der Waals surface area contributed by atoms with Gasteiger partial charge in [0.25, 0.3) is 0 Å². The van der Waals surface area contributed by atoms with E-state index in [1.807, 2.05) is 19.1 Å². The Morgan fingerprint density at radius 3 is 3.00 bits per heavy atom. The molecule has 0 saturated carbocycles. The molecule has 2 aromatic rings. The Morgan fingerprint density at radius 2 is 2.26 bits per heavy atom. The van der Waals surface area contributed by atoms with E-state index in [-0.39, 0.29) is 5.91 Å². The van der Waals surface area contributed by atoms with Crippen LogP contribution in [0.4, 0.5) is 5.82 Å². The van der Waals surface area contributed by atoms with Gasteiger partial charge in [-0.1, -0.05) is 31.0 Å². The van der Waals surface area contributed by atoms with E-state index >= 15 is 0 Å². The van der Waals surface area contributed by atoms with E-state index in [2.05, 4.69) is 10.4 Å². The van der Waals surface area contributed by atoms with Crippen molar-refractivity contribution in [1.29, 1.82) is 0 Å². The van der Waals surface area contributed by atoms with Crippen molar-refractivity contribution in [2.45, 2.75) is 37.7 Å². The summed E-state index contributed by atoms with van der Waals surface area (Å²) in [5.74, 6) is 1.43. The molecule has 2 heterocycles. The van der Waals surface area contributed by atoms with E-state index in [1.54, 1.807) is 16.8 Å². The Balaban J connectivity index is 1.98. The molecule has 1 aromatic heterocycles. The van der Waals surface area contributed by atoms with E-state index in [4.69, 9.17) is 11.6 Å². The van der Waals surface area contributed by atoms with Gasteiger partial charge < -0.3 is 5.32 Å². The first-order valence-electron chi connectivity index (χ1n) is 7.60. The van der Waals surface area contributed by atoms with Crippen molar-refractivity contribution in [2.24, 2.45) is 0 Å². The number of hydrogen-bond acceptors (Lipinski definition) is 3. The number of aromatic nitrogens is 2. The van der Waals surface area contributed by atoms with Crippen LogP contribution >= 0.6 is 11.6 Å². The lowest BCUT2D eigenvalue weighted by atomic mass is 10.2. The van der Waals surface area contributed by atoms with Crippen LogP contribution in [0.2, 0.25) is 5.02 Å². The molecule has 1 amide bonds. The molecule has 0 saturated heterocycles. The number of nitrogens with zero attached hydrogens (tertiary/aromatic N) is 2. The molecule has 0 bridgehead atoms. The number of amides is 1.